The fourth-order valence-electron chi connectivity index (χ4n) is 3.54. The minimum Gasteiger partial charge on any atom is -0.384 e. The van der Waals surface area contributed by atoms with Crippen LogP contribution in [0.15, 0.2) is 42.5 Å². The zero-order valence-corrected chi connectivity index (χ0v) is 13.2. The summed E-state index contributed by atoms with van der Waals surface area (Å²) >= 11 is 0. The summed E-state index contributed by atoms with van der Waals surface area (Å²) in [7, 11) is 0. The van der Waals surface area contributed by atoms with E-state index in [-0.39, 0.29) is 0 Å². The second kappa shape index (κ2) is 5.56. The fourth-order valence-corrected chi connectivity index (χ4v) is 3.54. The van der Waals surface area contributed by atoms with E-state index in [0.29, 0.717) is 0 Å². The Kier molecular flexibility index (Phi) is 3.41. The van der Waals surface area contributed by atoms with E-state index in [1.165, 1.54) is 28.2 Å². The highest BCUT2D eigenvalue weighted by atomic mass is 15.3. The molecule has 2 aromatic rings. The molecule has 1 fully saturated rings. The maximum absolute atomic E-state index is 3.44. The average molecular weight is 293 g/mol. The van der Waals surface area contributed by atoms with Crippen LogP contribution in [-0.4, -0.2) is 32.7 Å². The summed E-state index contributed by atoms with van der Waals surface area (Å²) < 4.78 is 0. The summed E-state index contributed by atoms with van der Waals surface area (Å²) in [6.45, 7) is 7.64. The largest absolute Gasteiger partial charge is 0.384 e. The molecule has 0 atom stereocenters. The van der Waals surface area contributed by atoms with Gasteiger partial charge in [-0.1, -0.05) is 12.1 Å². The maximum atomic E-state index is 3.44. The van der Waals surface area contributed by atoms with Crippen LogP contribution in [0.4, 0.5) is 17.1 Å². The van der Waals surface area contributed by atoms with E-state index >= 15 is 0 Å². The lowest BCUT2D eigenvalue weighted by molar-refractivity contribution is 0.653. The molecule has 3 heteroatoms. The van der Waals surface area contributed by atoms with Crippen LogP contribution < -0.4 is 15.1 Å². The average Bonchev–Trinajstić information content (AvgIpc) is 3.02. The minimum absolute atomic E-state index is 1.08. The lowest BCUT2D eigenvalue weighted by Gasteiger charge is -2.37. The smallest absolute Gasteiger partial charge is 0.0375 e. The van der Waals surface area contributed by atoms with E-state index in [0.717, 1.165) is 39.1 Å². The van der Waals surface area contributed by atoms with Crippen LogP contribution >= 0.6 is 0 Å². The Labute approximate surface area is 132 Å². The number of hydrogen-bond acceptors (Lipinski definition) is 3. The highest BCUT2D eigenvalue weighted by Crippen LogP contribution is 2.28. The van der Waals surface area contributed by atoms with Gasteiger partial charge in [-0.15, -0.1) is 0 Å². The van der Waals surface area contributed by atoms with Crippen molar-refractivity contribution >= 4 is 17.1 Å². The molecule has 0 bridgehead atoms. The summed E-state index contributed by atoms with van der Waals surface area (Å²) in [6, 6.07) is 15.7. The second-order valence-corrected chi connectivity index (χ2v) is 6.33. The monoisotopic (exact) mass is 293 g/mol. The van der Waals surface area contributed by atoms with Crippen LogP contribution in [0.5, 0.6) is 0 Å². The molecule has 2 aliphatic heterocycles. The van der Waals surface area contributed by atoms with E-state index < -0.39 is 0 Å². The number of piperazine rings is 1. The molecule has 0 spiro atoms. The van der Waals surface area contributed by atoms with Crippen LogP contribution in [0, 0.1) is 6.92 Å². The van der Waals surface area contributed by atoms with Crippen LogP contribution in [-0.2, 0) is 6.42 Å². The maximum Gasteiger partial charge on any atom is 0.0375 e. The molecule has 0 saturated carbocycles. The lowest BCUT2D eigenvalue weighted by atomic mass is 10.1. The number of aryl methyl sites for hydroxylation is 1. The Balaban J connectivity index is 1.45. The molecule has 0 unspecified atom stereocenters. The van der Waals surface area contributed by atoms with Crippen molar-refractivity contribution < 1.29 is 0 Å². The van der Waals surface area contributed by atoms with Gasteiger partial charge in [0.05, 0.1) is 0 Å². The zero-order valence-electron chi connectivity index (χ0n) is 13.2. The van der Waals surface area contributed by atoms with E-state index in [9.17, 15) is 0 Å². The molecular formula is C19H23N3. The Bertz CT molecular complexity index is 672. The molecule has 0 amide bonds. The quantitative estimate of drug-likeness (QED) is 0.916. The SMILES string of the molecule is Cc1cccc(N2CCN(c3ccc4c(c3)CCN4)CC2)c1. The third-order valence-electron chi connectivity index (χ3n) is 4.81. The van der Waals surface area contributed by atoms with Gasteiger partial charge in [0.15, 0.2) is 0 Å². The van der Waals surface area contributed by atoms with Gasteiger partial charge in [0.2, 0.25) is 0 Å². The van der Waals surface area contributed by atoms with Crippen LogP contribution in [0.25, 0.3) is 0 Å². The summed E-state index contributed by atoms with van der Waals surface area (Å²) in [5.41, 5.74) is 6.87. The second-order valence-electron chi connectivity index (χ2n) is 6.33. The van der Waals surface area contributed by atoms with Crippen molar-refractivity contribution in [3.8, 4) is 0 Å². The van der Waals surface area contributed by atoms with Gasteiger partial charge in [-0.25, -0.2) is 0 Å². The molecule has 4 rings (SSSR count). The van der Waals surface area contributed by atoms with Gasteiger partial charge in [-0.2, -0.15) is 0 Å². The van der Waals surface area contributed by atoms with E-state index in [2.05, 4.69) is 64.5 Å². The molecule has 1 saturated heterocycles. The van der Waals surface area contributed by atoms with Crippen molar-refractivity contribution in [1.29, 1.82) is 0 Å². The first-order valence-electron chi connectivity index (χ1n) is 8.23. The summed E-state index contributed by atoms with van der Waals surface area (Å²) in [4.78, 5) is 5.02. The third kappa shape index (κ3) is 2.52. The topological polar surface area (TPSA) is 18.5 Å². The number of rotatable bonds is 2. The Morgan fingerprint density at radius 1 is 0.864 bits per heavy atom. The predicted molar refractivity (Wildman–Crippen MR) is 94.2 cm³/mol. The van der Waals surface area contributed by atoms with Crippen LogP contribution in [0.3, 0.4) is 0 Å². The normalized spacial score (nSPS) is 17.3. The van der Waals surface area contributed by atoms with Crippen molar-refractivity contribution in [3.63, 3.8) is 0 Å². The van der Waals surface area contributed by atoms with Crippen LogP contribution in [0.1, 0.15) is 11.1 Å². The van der Waals surface area contributed by atoms with Gasteiger partial charge >= 0.3 is 0 Å². The molecule has 0 aromatic heterocycles. The first kappa shape index (κ1) is 13.5. The summed E-state index contributed by atoms with van der Waals surface area (Å²) in [5, 5.41) is 3.44. The van der Waals surface area contributed by atoms with Crippen molar-refractivity contribution in [3.05, 3.63) is 53.6 Å². The highest BCUT2D eigenvalue weighted by molar-refractivity contribution is 5.63. The van der Waals surface area contributed by atoms with E-state index in [1.807, 2.05) is 0 Å². The Morgan fingerprint density at radius 3 is 2.32 bits per heavy atom. The van der Waals surface area contributed by atoms with Crippen LogP contribution in [0.2, 0.25) is 0 Å². The van der Waals surface area contributed by atoms with E-state index in [1.54, 1.807) is 0 Å². The molecule has 0 aliphatic carbocycles. The Morgan fingerprint density at radius 2 is 1.59 bits per heavy atom. The lowest BCUT2D eigenvalue weighted by Crippen LogP contribution is -2.46. The molecule has 3 nitrogen and oxygen atoms in total. The van der Waals surface area contributed by atoms with Crippen molar-refractivity contribution in [1.82, 2.24) is 0 Å². The number of nitrogens with one attached hydrogen (secondary N) is 1. The summed E-state index contributed by atoms with van der Waals surface area (Å²) in [5.74, 6) is 0. The molecule has 2 aromatic carbocycles. The van der Waals surface area contributed by atoms with Gasteiger partial charge in [0.1, 0.15) is 0 Å². The van der Waals surface area contributed by atoms with Gasteiger partial charge in [0, 0.05) is 49.8 Å². The number of nitrogens with zero attached hydrogens (tertiary/aromatic N) is 2. The molecule has 1 N–H and O–H groups in total. The molecule has 22 heavy (non-hydrogen) atoms. The number of anilines is 3. The van der Waals surface area contributed by atoms with Gasteiger partial charge in [0.25, 0.3) is 0 Å². The standard InChI is InChI=1S/C19H23N3/c1-15-3-2-4-17(13-15)21-9-11-22(12-10-21)18-5-6-19-16(14-18)7-8-20-19/h2-6,13-14,20H,7-12H2,1H3. The first-order chi connectivity index (χ1) is 10.8. The number of benzene rings is 2. The van der Waals surface area contributed by atoms with Gasteiger partial charge in [-0.3, -0.25) is 0 Å². The van der Waals surface area contributed by atoms with Gasteiger partial charge < -0.3 is 15.1 Å². The molecular weight excluding hydrogens is 270 g/mol. The molecule has 0 radical (unpaired) electrons. The van der Waals surface area contributed by atoms with Gasteiger partial charge in [-0.05, 0) is 54.8 Å². The minimum atomic E-state index is 1.08. The van der Waals surface area contributed by atoms with E-state index in [4.69, 9.17) is 0 Å². The number of fused-ring (bicyclic) bond motifs is 1. The third-order valence-corrected chi connectivity index (χ3v) is 4.81. The first-order valence-corrected chi connectivity index (χ1v) is 8.23. The zero-order chi connectivity index (χ0) is 14.9. The predicted octanol–water partition coefficient (Wildman–Crippen LogP) is 3.29. The van der Waals surface area contributed by atoms with Crippen molar-refractivity contribution in [2.75, 3.05) is 47.8 Å². The fraction of sp³-hybridized carbons (Fsp3) is 0.368. The van der Waals surface area contributed by atoms with Crippen molar-refractivity contribution in [2.45, 2.75) is 13.3 Å². The van der Waals surface area contributed by atoms with Crippen molar-refractivity contribution in [2.24, 2.45) is 0 Å². The summed E-state index contributed by atoms with van der Waals surface area (Å²) in [6.07, 6.45) is 1.16. The highest BCUT2D eigenvalue weighted by Gasteiger charge is 2.19. The molecule has 2 heterocycles. The molecule has 2 aliphatic rings. The Hall–Kier alpha value is -2.16. The molecule has 114 valence electrons. The number of hydrogen-bond donors (Lipinski definition) is 1.